The number of methoxy groups -OCH3 is 1. The van der Waals surface area contributed by atoms with Crippen LogP contribution in [0.1, 0.15) is 75.9 Å². The molecule has 198 valence electrons. The van der Waals surface area contributed by atoms with Gasteiger partial charge in [-0.25, -0.2) is 4.39 Å². The number of carboxylic acids is 1. The molecule has 0 spiro atoms. The molecule has 2 aromatic rings. The maximum atomic E-state index is 15.6. The first kappa shape index (κ1) is 27.5. The standard InChI is InChI=1S/C28H38ClFN2O3S/c1-35-20-8-9-25-22(18-20)26(23(29)19-31-25)24(30)10-11-28(27(33)34)12-15-32(16-13-28)14-5-17-36-21-6-3-2-4-7-21/h8-9,18-19,21,24H,2-7,10-17H2,1H3,(H,33,34). The molecule has 1 aromatic carbocycles. The number of thioether (sulfide) groups is 1. The molecule has 8 heteroatoms. The summed E-state index contributed by atoms with van der Waals surface area (Å²) in [6.07, 6.45) is 9.62. The van der Waals surface area contributed by atoms with E-state index >= 15 is 4.39 Å². The monoisotopic (exact) mass is 536 g/mol. The van der Waals surface area contributed by atoms with E-state index in [1.54, 1.807) is 25.3 Å². The minimum Gasteiger partial charge on any atom is -0.497 e. The van der Waals surface area contributed by atoms with Crippen molar-refractivity contribution >= 4 is 40.2 Å². The number of hydrogen-bond donors (Lipinski definition) is 1. The van der Waals surface area contributed by atoms with Gasteiger partial charge >= 0.3 is 5.97 Å². The van der Waals surface area contributed by atoms with E-state index in [-0.39, 0.29) is 11.4 Å². The Morgan fingerprint density at radius 2 is 2.06 bits per heavy atom. The predicted octanol–water partition coefficient (Wildman–Crippen LogP) is 7.31. The van der Waals surface area contributed by atoms with Gasteiger partial charge in [-0.3, -0.25) is 9.78 Å². The van der Waals surface area contributed by atoms with Gasteiger partial charge in [0.05, 0.1) is 23.1 Å². The molecule has 2 aliphatic rings. The molecule has 0 amide bonds. The van der Waals surface area contributed by atoms with Crippen LogP contribution in [0.4, 0.5) is 4.39 Å². The number of rotatable bonds is 11. The van der Waals surface area contributed by atoms with E-state index < -0.39 is 17.6 Å². The highest BCUT2D eigenvalue weighted by atomic mass is 35.5. The summed E-state index contributed by atoms with van der Waals surface area (Å²) in [5.74, 6) is 0.973. The maximum Gasteiger partial charge on any atom is 0.309 e. The van der Waals surface area contributed by atoms with Crippen LogP contribution in [0, 0.1) is 5.41 Å². The summed E-state index contributed by atoms with van der Waals surface area (Å²) in [4.78, 5) is 19.0. The van der Waals surface area contributed by atoms with E-state index in [1.807, 2.05) is 0 Å². The van der Waals surface area contributed by atoms with Crippen molar-refractivity contribution in [3.05, 3.63) is 35.0 Å². The van der Waals surface area contributed by atoms with E-state index in [0.29, 0.717) is 41.5 Å². The molecule has 1 aliphatic heterocycles. The predicted molar refractivity (Wildman–Crippen MR) is 146 cm³/mol. The first-order valence-corrected chi connectivity index (χ1v) is 14.7. The number of fused-ring (bicyclic) bond motifs is 1. The van der Waals surface area contributed by atoms with Crippen molar-refractivity contribution in [2.45, 2.75) is 75.6 Å². The van der Waals surface area contributed by atoms with Gasteiger partial charge in [0, 0.05) is 22.4 Å². The molecule has 1 saturated carbocycles. The fraction of sp³-hybridized carbons (Fsp3) is 0.643. The van der Waals surface area contributed by atoms with Crippen LogP contribution >= 0.6 is 23.4 Å². The van der Waals surface area contributed by atoms with Crippen LogP contribution in [-0.2, 0) is 4.79 Å². The lowest BCUT2D eigenvalue weighted by Gasteiger charge is -2.39. The van der Waals surface area contributed by atoms with Crippen molar-refractivity contribution in [1.29, 1.82) is 0 Å². The van der Waals surface area contributed by atoms with Gasteiger partial charge in [0.25, 0.3) is 0 Å². The average molecular weight is 537 g/mol. The summed E-state index contributed by atoms with van der Waals surface area (Å²) in [5.41, 5.74) is 0.125. The van der Waals surface area contributed by atoms with E-state index in [1.165, 1.54) is 44.1 Å². The fourth-order valence-corrected chi connectivity index (χ4v) is 7.27. The third-order valence-corrected chi connectivity index (χ3v) is 9.82. The van der Waals surface area contributed by atoms with Crippen molar-refractivity contribution in [2.75, 3.05) is 32.5 Å². The van der Waals surface area contributed by atoms with Crippen LogP contribution in [0.3, 0.4) is 0 Å². The lowest BCUT2D eigenvalue weighted by Crippen LogP contribution is -2.44. The molecule has 0 radical (unpaired) electrons. The summed E-state index contributed by atoms with van der Waals surface area (Å²) >= 11 is 8.49. The van der Waals surface area contributed by atoms with Gasteiger partial charge in [0.15, 0.2) is 0 Å². The van der Waals surface area contributed by atoms with E-state index in [2.05, 4.69) is 21.6 Å². The highest BCUT2D eigenvalue weighted by Crippen LogP contribution is 2.42. The number of benzene rings is 1. The van der Waals surface area contributed by atoms with Crippen molar-refractivity contribution < 1.29 is 19.0 Å². The molecule has 4 rings (SSSR count). The third kappa shape index (κ3) is 6.65. The first-order chi connectivity index (χ1) is 17.4. The number of aromatic nitrogens is 1. The van der Waals surface area contributed by atoms with Gasteiger partial charge in [0.2, 0.25) is 0 Å². The van der Waals surface area contributed by atoms with Crippen LogP contribution in [-0.4, -0.2) is 58.7 Å². The lowest BCUT2D eigenvalue weighted by atomic mass is 9.74. The second-order valence-electron chi connectivity index (χ2n) is 10.3. The Kier molecular flexibility index (Phi) is 9.76. The quantitative estimate of drug-likeness (QED) is 0.304. The van der Waals surface area contributed by atoms with E-state index in [9.17, 15) is 9.90 Å². The lowest BCUT2D eigenvalue weighted by molar-refractivity contribution is -0.153. The van der Waals surface area contributed by atoms with Gasteiger partial charge in [-0.2, -0.15) is 11.8 Å². The Morgan fingerprint density at radius 3 is 2.75 bits per heavy atom. The SMILES string of the molecule is COc1ccc2ncc(Cl)c(C(F)CCC3(C(=O)O)CCN(CCCSC4CCCCC4)CC3)c2c1. The zero-order valence-corrected chi connectivity index (χ0v) is 22.8. The Labute approximate surface area is 223 Å². The molecular weight excluding hydrogens is 499 g/mol. The molecule has 1 aliphatic carbocycles. The Hall–Kier alpha value is -1.57. The van der Waals surface area contributed by atoms with Crippen LogP contribution in [0.5, 0.6) is 5.75 Å². The maximum absolute atomic E-state index is 15.6. The summed E-state index contributed by atoms with van der Waals surface area (Å²) < 4.78 is 20.9. The van der Waals surface area contributed by atoms with Crippen LogP contribution in [0.2, 0.25) is 5.02 Å². The molecule has 0 bridgehead atoms. The smallest absolute Gasteiger partial charge is 0.309 e. The number of nitrogens with zero attached hydrogens (tertiary/aromatic N) is 2. The second-order valence-corrected chi connectivity index (χ2v) is 12.1. The molecular formula is C28H38ClFN2O3S. The summed E-state index contributed by atoms with van der Waals surface area (Å²) in [6.45, 7) is 2.53. The van der Waals surface area contributed by atoms with Gasteiger partial charge in [0.1, 0.15) is 11.9 Å². The second kappa shape index (κ2) is 12.8. The number of alkyl halides is 1. The topological polar surface area (TPSA) is 62.7 Å². The van der Waals surface area contributed by atoms with Crippen LogP contribution in [0.25, 0.3) is 10.9 Å². The number of aliphatic carboxylic acids is 1. The summed E-state index contributed by atoms with van der Waals surface area (Å²) in [7, 11) is 1.56. The molecule has 1 atom stereocenters. The van der Waals surface area contributed by atoms with E-state index in [0.717, 1.165) is 31.3 Å². The number of pyridine rings is 1. The summed E-state index contributed by atoms with van der Waals surface area (Å²) in [5, 5.41) is 11.8. The molecule has 2 fully saturated rings. The molecule has 1 aromatic heterocycles. The van der Waals surface area contributed by atoms with Crippen LogP contribution in [0.15, 0.2) is 24.4 Å². The highest BCUT2D eigenvalue weighted by molar-refractivity contribution is 7.99. The number of ether oxygens (including phenoxy) is 1. The Bertz CT molecular complexity index is 1030. The Morgan fingerprint density at radius 1 is 1.31 bits per heavy atom. The van der Waals surface area contributed by atoms with Gasteiger partial charge in [-0.05, 0) is 88.5 Å². The first-order valence-electron chi connectivity index (χ1n) is 13.3. The molecule has 1 N–H and O–H groups in total. The van der Waals surface area contributed by atoms with Gasteiger partial charge < -0.3 is 14.7 Å². The number of carboxylic acid groups (broad SMARTS) is 1. The normalized spacial score (nSPS) is 19.9. The number of hydrogen-bond acceptors (Lipinski definition) is 5. The zero-order valence-electron chi connectivity index (χ0n) is 21.2. The largest absolute Gasteiger partial charge is 0.497 e. The fourth-order valence-electron chi connectivity index (χ4n) is 5.71. The molecule has 36 heavy (non-hydrogen) atoms. The van der Waals surface area contributed by atoms with Gasteiger partial charge in [-0.1, -0.05) is 30.9 Å². The molecule has 1 unspecified atom stereocenters. The Balaban J connectivity index is 1.32. The number of halogens is 2. The molecule has 2 heterocycles. The molecule has 5 nitrogen and oxygen atoms in total. The van der Waals surface area contributed by atoms with Crippen LogP contribution < -0.4 is 4.74 Å². The number of piperidine rings is 1. The van der Waals surface area contributed by atoms with E-state index in [4.69, 9.17) is 16.3 Å². The minimum absolute atomic E-state index is 0.111. The molecule has 1 saturated heterocycles. The third-order valence-electron chi connectivity index (χ3n) is 8.05. The number of likely N-dealkylation sites (tertiary alicyclic amines) is 1. The van der Waals surface area contributed by atoms with Gasteiger partial charge in [-0.15, -0.1) is 0 Å². The van der Waals surface area contributed by atoms with Crippen molar-refractivity contribution in [3.8, 4) is 5.75 Å². The zero-order chi connectivity index (χ0) is 25.5. The van der Waals surface area contributed by atoms with Crippen molar-refractivity contribution in [2.24, 2.45) is 5.41 Å². The minimum atomic E-state index is -1.37. The summed E-state index contributed by atoms with van der Waals surface area (Å²) in [6, 6.07) is 5.30. The average Bonchev–Trinajstić information content (AvgIpc) is 2.90. The van der Waals surface area contributed by atoms with Crippen molar-refractivity contribution in [1.82, 2.24) is 9.88 Å². The highest BCUT2D eigenvalue weighted by Gasteiger charge is 2.41. The van der Waals surface area contributed by atoms with Crippen molar-refractivity contribution in [3.63, 3.8) is 0 Å². The number of carbonyl (C=O) groups is 1.